The van der Waals surface area contributed by atoms with E-state index in [1.165, 1.54) is 0 Å². The second-order valence-corrected chi connectivity index (χ2v) is 2.77. The van der Waals surface area contributed by atoms with Gasteiger partial charge in [-0.2, -0.15) is 11.0 Å². The molecule has 0 radical (unpaired) electrons. The molecule has 0 aromatic heterocycles. The quantitative estimate of drug-likeness (QED) is 0.580. The van der Waals surface area contributed by atoms with Crippen LogP contribution >= 0.6 is 0 Å². The molecule has 0 aromatic carbocycles. The second-order valence-electron chi connectivity index (χ2n) is 2.77. The molecular weight excluding hydrogens is 116 g/mol. The summed E-state index contributed by atoms with van der Waals surface area (Å²) in [5.74, 6) is 4.96. The van der Waals surface area contributed by atoms with Gasteiger partial charge in [0.25, 0.3) is 0 Å². The highest BCUT2D eigenvalue weighted by atomic mass is 16.8. The highest BCUT2D eigenvalue weighted by molar-refractivity contribution is 4.71. The molecule has 3 heteroatoms. The van der Waals surface area contributed by atoms with Crippen molar-refractivity contribution in [2.24, 2.45) is 5.90 Å². The minimum atomic E-state index is 0.0365. The fourth-order valence-electron chi connectivity index (χ4n) is 0.365. The molecular formula is C6H16N2O. The Kier molecular flexibility index (Phi) is 3.11. The normalized spacial score (nSPS) is 12.7. The summed E-state index contributed by atoms with van der Waals surface area (Å²) in [6, 6.07) is 0. The van der Waals surface area contributed by atoms with Crippen molar-refractivity contribution < 1.29 is 4.94 Å². The van der Waals surface area contributed by atoms with Gasteiger partial charge in [0, 0.05) is 12.6 Å². The van der Waals surface area contributed by atoms with Crippen molar-refractivity contribution in [2.75, 3.05) is 7.05 Å². The summed E-state index contributed by atoms with van der Waals surface area (Å²) in [6.45, 7) is 6.23. The Morgan fingerprint density at radius 1 is 1.56 bits per heavy atom. The molecule has 0 atom stereocenters. The molecule has 0 bridgehead atoms. The van der Waals surface area contributed by atoms with Gasteiger partial charge in [-0.25, -0.2) is 4.94 Å². The smallest absolute Gasteiger partial charge is 0.0419 e. The Morgan fingerprint density at radius 2 is 2.00 bits per heavy atom. The van der Waals surface area contributed by atoms with E-state index in [1.807, 2.05) is 7.05 Å². The fraction of sp³-hybridized carbons (Fsp3) is 1.00. The van der Waals surface area contributed by atoms with Crippen LogP contribution in [0, 0.1) is 0 Å². The third kappa shape index (κ3) is 2.30. The topological polar surface area (TPSA) is 38.5 Å². The predicted octanol–water partition coefficient (Wildman–Crippen LogP) is 0.912. The molecule has 3 nitrogen and oxygen atoms in total. The van der Waals surface area contributed by atoms with Gasteiger partial charge >= 0.3 is 0 Å². The third-order valence-electron chi connectivity index (χ3n) is 1.88. The maximum absolute atomic E-state index is 4.96. The van der Waals surface area contributed by atoms with E-state index in [0.717, 1.165) is 6.42 Å². The molecule has 2 N–H and O–H groups in total. The van der Waals surface area contributed by atoms with Gasteiger partial charge in [-0.3, -0.25) is 0 Å². The van der Waals surface area contributed by atoms with Crippen LogP contribution in [0.15, 0.2) is 0 Å². The summed E-state index contributed by atoms with van der Waals surface area (Å²) in [7, 11) is 1.82. The summed E-state index contributed by atoms with van der Waals surface area (Å²) in [6.07, 6.45) is 1.01. The highest BCUT2D eigenvalue weighted by Crippen LogP contribution is 2.14. The molecule has 0 aliphatic carbocycles. The van der Waals surface area contributed by atoms with Crippen LogP contribution in [-0.2, 0) is 4.94 Å². The Bertz CT molecular complexity index is 83.1. The van der Waals surface area contributed by atoms with E-state index in [1.54, 1.807) is 5.06 Å². The Labute approximate surface area is 56.7 Å². The van der Waals surface area contributed by atoms with Crippen LogP contribution in [0.1, 0.15) is 27.2 Å². The van der Waals surface area contributed by atoms with Crippen LogP contribution in [0.2, 0.25) is 0 Å². The first kappa shape index (κ1) is 8.88. The van der Waals surface area contributed by atoms with Gasteiger partial charge in [0.15, 0.2) is 0 Å². The molecule has 0 saturated carbocycles. The number of hydrogen-bond donors (Lipinski definition) is 1. The Balaban J connectivity index is 3.80. The van der Waals surface area contributed by atoms with E-state index in [0.29, 0.717) is 0 Å². The minimum Gasteiger partial charge on any atom is -0.214 e. The number of nitrogens with two attached hydrogens (primary N) is 1. The van der Waals surface area contributed by atoms with E-state index in [2.05, 4.69) is 25.7 Å². The van der Waals surface area contributed by atoms with Crippen LogP contribution in [-0.4, -0.2) is 17.6 Å². The largest absolute Gasteiger partial charge is 0.214 e. The second kappa shape index (κ2) is 3.15. The lowest BCUT2D eigenvalue weighted by Crippen LogP contribution is -2.41. The van der Waals surface area contributed by atoms with Crippen molar-refractivity contribution >= 4 is 0 Å². The molecule has 56 valence electrons. The SMILES string of the molecule is CCC(C)(C)N(C)ON. The highest BCUT2D eigenvalue weighted by Gasteiger charge is 2.20. The van der Waals surface area contributed by atoms with Crippen LogP contribution in [0.4, 0.5) is 0 Å². The zero-order valence-corrected chi connectivity index (χ0v) is 6.64. The van der Waals surface area contributed by atoms with Crippen LogP contribution < -0.4 is 5.90 Å². The van der Waals surface area contributed by atoms with Gasteiger partial charge in [0.2, 0.25) is 0 Å². The average molecular weight is 132 g/mol. The summed E-state index contributed by atoms with van der Waals surface area (Å²) in [5, 5.41) is 1.65. The van der Waals surface area contributed by atoms with E-state index in [4.69, 9.17) is 5.90 Å². The van der Waals surface area contributed by atoms with Crippen molar-refractivity contribution in [1.82, 2.24) is 5.06 Å². The zero-order valence-electron chi connectivity index (χ0n) is 6.64. The van der Waals surface area contributed by atoms with E-state index in [9.17, 15) is 0 Å². The van der Waals surface area contributed by atoms with Crippen LogP contribution in [0.5, 0.6) is 0 Å². The first-order chi connectivity index (χ1) is 4.04. The van der Waals surface area contributed by atoms with Gasteiger partial charge in [-0.05, 0) is 20.3 Å². The van der Waals surface area contributed by atoms with Crippen LogP contribution in [0.3, 0.4) is 0 Å². The molecule has 9 heavy (non-hydrogen) atoms. The van der Waals surface area contributed by atoms with E-state index < -0.39 is 0 Å². The van der Waals surface area contributed by atoms with Crippen molar-refractivity contribution in [3.63, 3.8) is 0 Å². The monoisotopic (exact) mass is 132 g/mol. The van der Waals surface area contributed by atoms with E-state index in [-0.39, 0.29) is 5.54 Å². The molecule has 0 rings (SSSR count). The van der Waals surface area contributed by atoms with E-state index >= 15 is 0 Å². The molecule has 0 unspecified atom stereocenters. The first-order valence-corrected chi connectivity index (χ1v) is 3.15. The summed E-state index contributed by atoms with van der Waals surface area (Å²) in [4.78, 5) is 4.54. The van der Waals surface area contributed by atoms with Gasteiger partial charge in [-0.15, -0.1) is 0 Å². The predicted molar refractivity (Wildman–Crippen MR) is 37.4 cm³/mol. The lowest BCUT2D eigenvalue weighted by atomic mass is 10.0. The molecule has 0 fully saturated rings. The van der Waals surface area contributed by atoms with Crippen molar-refractivity contribution in [3.05, 3.63) is 0 Å². The fourth-order valence-corrected chi connectivity index (χ4v) is 0.365. The summed E-state index contributed by atoms with van der Waals surface area (Å²) >= 11 is 0. The summed E-state index contributed by atoms with van der Waals surface area (Å²) < 4.78 is 0. The third-order valence-corrected chi connectivity index (χ3v) is 1.88. The molecule has 0 spiro atoms. The van der Waals surface area contributed by atoms with Gasteiger partial charge < -0.3 is 0 Å². The molecule has 0 aliphatic rings. The van der Waals surface area contributed by atoms with Gasteiger partial charge in [0.05, 0.1) is 0 Å². The number of hydrogen-bond acceptors (Lipinski definition) is 3. The molecule has 0 saturated heterocycles. The molecule has 0 heterocycles. The number of hydroxylamine groups is 2. The van der Waals surface area contributed by atoms with Crippen molar-refractivity contribution in [1.29, 1.82) is 0 Å². The number of nitrogens with zero attached hydrogens (tertiary/aromatic N) is 1. The summed E-state index contributed by atoms with van der Waals surface area (Å²) in [5.41, 5.74) is 0.0365. The van der Waals surface area contributed by atoms with Crippen molar-refractivity contribution in [3.8, 4) is 0 Å². The molecule has 0 aromatic rings. The molecule has 0 aliphatic heterocycles. The van der Waals surface area contributed by atoms with Gasteiger partial charge in [0.1, 0.15) is 0 Å². The Morgan fingerprint density at radius 3 is 2.11 bits per heavy atom. The molecule has 0 amide bonds. The number of rotatable bonds is 3. The van der Waals surface area contributed by atoms with Crippen molar-refractivity contribution in [2.45, 2.75) is 32.7 Å². The first-order valence-electron chi connectivity index (χ1n) is 3.15. The Hall–Kier alpha value is -0.120. The standard InChI is InChI=1S/C6H16N2O/c1-5-6(2,3)8(4)9-7/h5,7H2,1-4H3. The average Bonchev–Trinajstić information content (AvgIpc) is 1.86. The lowest BCUT2D eigenvalue weighted by Gasteiger charge is -2.31. The van der Waals surface area contributed by atoms with Crippen LogP contribution in [0.25, 0.3) is 0 Å². The van der Waals surface area contributed by atoms with Gasteiger partial charge in [-0.1, -0.05) is 6.92 Å². The maximum Gasteiger partial charge on any atom is 0.0419 e. The minimum absolute atomic E-state index is 0.0365. The lowest BCUT2D eigenvalue weighted by molar-refractivity contribution is -0.201. The maximum atomic E-state index is 4.96. The zero-order chi connectivity index (χ0) is 7.49.